The Morgan fingerprint density at radius 3 is 2.14 bits per heavy atom. The summed E-state index contributed by atoms with van der Waals surface area (Å²) < 4.78 is 20.3. The average Bonchev–Trinajstić information content (AvgIpc) is 2.85. The van der Waals surface area contributed by atoms with Gasteiger partial charge in [0.25, 0.3) is 0 Å². The van der Waals surface area contributed by atoms with E-state index in [-0.39, 0.29) is 11.7 Å². The monoisotopic (exact) mass is 316 g/mol. The van der Waals surface area contributed by atoms with Gasteiger partial charge in [0, 0.05) is 12.5 Å². The number of aliphatic hydroxyl groups is 1. The predicted octanol–water partition coefficient (Wildman–Crippen LogP) is 5.19. The molecule has 0 bridgehead atoms. The Morgan fingerprint density at radius 2 is 1.71 bits per heavy atom. The van der Waals surface area contributed by atoms with Crippen molar-refractivity contribution in [1.29, 1.82) is 0 Å². The van der Waals surface area contributed by atoms with Crippen LogP contribution in [-0.4, -0.2) is 26.6 Å². The fourth-order valence-corrected chi connectivity index (χ4v) is 9.79. The van der Waals surface area contributed by atoms with Crippen LogP contribution in [0, 0.1) is 5.92 Å². The van der Waals surface area contributed by atoms with Gasteiger partial charge < -0.3 is 9.53 Å². The van der Waals surface area contributed by atoms with Gasteiger partial charge in [-0.3, -0.25) is 0 Å². The topological polar surface area (TPSA) is 29.5 Å². The molecule has 1 rings (SSSR count). The zero-order valence-electron chi connectivity index (χ0n) is 14.6. The maximum absolute atomic E-state index is 13.8. The maximum Gasteiger partial charge on any atom is 0.200 e. The molecule has 1 N–H and O–H groups in total. The molecule has 1 aliphatic carbocycles. The molecule has 0 amide bonds. The Labute approximate surface area is 130 Å². The summed E-state index contributed by atoms with van der Waals surface area (Å²) in [5, 5.41) is 9.04. The van der Waals surface area contributed by atoms with Crippen molar-refractivity contribution in [3.63, 3.8) is 0 Å². The van der Waals surface area contributed by atoms with Crippen molar-refractivity contribution in [3.05, 3.63) is 11.4 Å². The van der Waals surface area contributed by atoms with E-state index in [1.807, 2.05) is 0 Å². The van der Waals surface area contributed by atoms with Gasteiger partial charge in [-0.2, -0.15) is 0 Å². The first-order chi connectivity index (χ1) is 9.77. The van der Waals surface area contributed by atoms with Crippen LogP contribution in [0.5, 0.6) is 0 Å². The molecule has 0 spiro atoms. The third-order valence-corrected chi connectivity index (χ3v) is 11.3. The third-order valence-electron chi connectivity index (χ3n) is 5.22. The largest absolute Gasteiger partial charge is 0.415 e. The fourth-order valence-electron chi connectivity index (χ4n) is 4.30. The summed E-state index contributed by atoms with van der Waals surface area (Å²) in [7, 11) is -1.88. The smallest absolute Gasteiger partial charge is 0.200 e. The Hall–Kier alpha value is -0.193. The predicted molar refractivity (Wildman–Crippen MR) is 89.6 cm³/mol. The van der Waals surface area contributed by atoms with Crippen LogP contribution in [0.2, 0.25) is 16.6 Å². The molecule has 0 aliphatic heterocycles. The molecular weight excluding hydrogens is 283 g/mol. The standard InChI is InChI=1S/C17H33FO2Si/c1-12(2)21(13(3)4,14(5)6)20-11-15-8-7-9-16(15)17(18)10-19/h12-15,19H,7-11H2,1-6H3. The van der Waals surface area contributed by atoms with Crippen LogP contribution in [0.15, 0.2) is 11.4 Å². The molecule has 0 aromatic heterocycles. The van der Waals surface area contributed by atoms with Crippen LogP contribution in [0.4, 0.5) is 4.39 Å². The minimum atomic E-state index is -1.88. The van der Waals surface area contributed by atoms with E-state index in [4.69, 9.17) is 9.53 Å². The SMILES string of the molecule is CC(C)[Si](OCC1CCCC1=C(F)CO)(C(C)C)C(C)C. The normalized spacial score (nSPS) is 22.7. The summed E-state index contributed by atoms with van der Waals surface area (Å²) in [6, 6.07) is 0. The Balaban J connectivity index is 2.87. The van der Waals surface area contributed by atoms with Gasteiger partial charge in [0.1, 0.15) is 5.83 Å². The van der Waals surface area contributed by atoms with E-state index in [1.54, 1.807) is 0 Å². The van der Waals surface area contributed by atoms with Gasteiger partial charge >= 0.3 is 0 Å². The van der Waals surface area contributed by atoms with E-state index >= 15 is 0 Å². The summed E-state index contributed by atoms with van der Waals surface area (Å²) in [5.74, 6) is -0.160. The van der Waals surface area contributed by atoms with E-state index in [1.165, 1.54) is 0 Å². The molecule has 0 saturated heterocycles. The van der Waals surface area contributed by atoms with E-state index < -0.39 is 14.9 Å². The number of halogens is 1. The van der Waals surface area contributed by atoms with E-state index in [2.05, 4.69) is 41.5 Å². The first-order valence-electron chi connectivity index (χ1n) is 8.39. The summed E-state index contributed by atoms with van der Waals surface area (Å²) in [4.78, 5) is 0. The van der Waals surface area contributed by atoms with Gasteiger partial charge in [-0.25, -0.2) is 4.39 Å². The first kappa shape index (κ1) is 18.9. The second kappa shape index (κ2) is 7.89. The van der Waals surface area contributed by atoms with Crippen molar-refractivity contribution >= 4 is 8.32 Å². The van der Waals surface area contributed by atoms with Gasteiger partial charge in [-0.15, -0.1) is 0 Å². The van der Waals surface area contributed by atoms with Gasteiger partial charge in [-0.1, -0.05) is 41.5 Å². The summed E-state index contributed by atoms with van der Waals surface area (Å²) >= 11 is 0. The Kier molecular flexibility index (Phi) is 7.08. The second-order valence-electron chi connectivity index (χ2n) is 7.31. The number of aliphatic hydroxyl groups excluding tert-OH is 1. The fraction of sp³-hybridized carbons (Fsp3) is 0.882. The van der Waals surface area contributed by atoms with Crippen molar-refractivity contribution in [3.8, 4) is 0 Å². The average molecular weight is 317 g/mol. The minimum Gasteiger partial charge on any atom is -0.415 e. The van der Waals surface area contributed by atoms with Gasteiger partial charge in [-0.05, 0) is 41.5 Å². The molecule has 1 fully saturated rings. The van der Waals surface area contributed by atoms with Crippen LogP contribution in [0.3, 0.4) is 0 Å². The molecule has 1 aliphatic rings. The molecule has 0 aromatic carbocycles. The first-order valence-corrected chi connectivity index (χ1v) is 10.5. The molecule has 0 heterocycles. The van der Waals surface area contributed by atoms with Gasteiger partial charge in [0.2, 0.25) is 0 Å². The van der Waals surface area contributed by atoms with Gasteiger partial charge in [0.15, 0.2) is 8.32 Å². The van der Waals surface area contributed by atoms with Crippen LogP contribution >= 0.6 is 0 Å². The molecule has 0 radical (unpaired) electrons. The van der Waals surface area contributed by atoms with Crippen molar-refractivity contribution in [2.24, 2.45) is 5.92 Å². The summed E-state index contributed by atoms with van der Waals surface area (Å²) in [6.07, 6.45) is 2.78. The highest BCUT2D eigenvalue weighted by atomic mass is 28.4. The second-order valence-corrected chi connectivity index (χ2v) is 12.8. The third kappa shape index (κ3) is 3.96. The van der Waals surface area contributed by atoms with Crippen LogP contribution in [0.25, 0.3) is 0 Å². The van der Waals surface area contributed by atoms with E-state index in [0.29, 0.717) is 23.2 Å². The maximum atomic E-state index is 13.8. The van der Waals surface area contributed by atoms with E-state index in [0.717, 1.165) is 24.8 Å². The highest BCUT2D eigenvalue weighted by molar-refractivity contribution is 6.77. The number of hydrogen-bond acceptors (Lipinski definition) is 2. The zero-order chi connectivity index (χ0) is 16.2. The summed E-state index contributed by atoms with van der Waals surface area (Å²) in [6.45, 7) is 13.8. The minimum absolute atomic E-state index is 0.167. The van der Waals surface area contributed by atoms with E-state index in [9.17, 15) is 4.39 Å². The van der Waals surface area contributed by atoms with Gasteiger partial charge in [0.05, 0.1) is 6.61 Å². The molecule has 2 nitrogen and oxygen atoms in total. The lowest BCUT2D eigenvalue weighted by Crippen LogP contribution is -2.48. The van der Waals surface area contributed by atoms with Crippen LogP contribution in [0.1, 0.15) is 60.8 Å². The molecule has 1 atom stereocenters. The van der Waals surface area contributed by atoms with Crippen molar-refractivity contribution in [1.82, 2.24) is 0 Å². The zero-order valence-corrected chi connectivity index (χ0v) is 15.6. The molecule has 4 heteroatoms. The molecule has 21 heavy (non-hydrogen) atoms. The lowest BCUT2D eigenvalue weighted by molar-refractivity contribution is 0.234. The molecule has 1 saturated carbocycles. The van der Waals surface area contributed by atoms with Crippen LogP contribution < -0.4 is 0 Å². The lowest BCUT2D eigenvalue weighted by atomic mass is 10.0. The Bertz CT molecular complexity index is 342. The lowest BCUT2D eigenvalue weighted by Gasteiger charge is -2.43. The van der Waals surface area contributed by atoms with Crippen molar-refractivity contribution < 1.29 is 13.9 Å². The molecule has 1 unspecified atom stereocenters. The van der Waals surface area contributed by atoms with Crippen LogP contribution in [-0.2, 0) is 4.43 Å². The summed E-state index contributed by atoms with van der Waals surface area (Å²) in [5.41, 5.74) is 2.45. The van der Waals surface area contributed by atoms with Crippen molar-refractivity contribution in [2.45, 2.75) is 77.4 Å². The molecule has 124 valence electrons. The quantitative estimate of drug-likeness (QED) is 0.655. The van der Waals surface area contributed by atoms with Crippen molar-refractivity contribution in [2.75, 3.05) is 13.2 Å². The highest BCUT2D eigenvalue weighted by Crippen LogP contribution is 2.44. The highest BCUT2D eigenvalue weighted by Gasteiger charge is 2.45. The molecule has 0 aromatic rings. The number of rotatable bonds is 7. The number of hydrogen-bond donors (Lipinski definition) is 1. The molecular formula is C17H33FO2Si. The Morgan fingerprint density at radius 1 is 1.19 bits per heavy atom.